The summed E-state index contributed by atoms with van der Waals surface area (Å²) >= 11 is 1.51. The second kappa shape index (κ2) is 4.40. The molecule has 1 fully saturated rings. The first-order chi connectivity index (χ1) is 8.03. The van der Waals surface area contributed by atoms with E-state index in [9.17, 15) is 14.7 Å². The fraction of sp³-hybridized carbons (Fsp3) is 0.500. The van der Waals surface area contributed by atoms with Gasteiger partial charge < -0.3 is 14.9 Å². The van der Waals surface area contributed by atoms with Crippen molar-refractivity contribution in [2.45, 2.75) is 18.9 Å². The Bertz CT molecular complexity index is 451. The molecule has 1 amide bonds. The number of thioether (sulfide) groups is 1. The van der Waals surface area contributed by atoms with Gasteiger partial charge in [0.05, 0.1) is 5.69 Å². The largest absolute Gasteiger partial charge is 0.479 e. The first-order valence-corrected chi connectivity index (χ1v) is 6.26. The van der Waals surface area contributed by atoms with Crippen LogP contribution in [0.1, 0.15) is 22.7 Å². The molecule has 92 valence electrons. The molecule has 0 aliphatic carbocycles. The van der Waals surface area contributed by atoms with Crippen molar-refractivity contribution in [1.29, 1.82) is 0 Å². The quantitative estimate of drug-likeness (QED) is 0.826. The van der Waals surface area contributed by atoms with E-state index in [0.717, 1.165) is 5.75 Å². The van der Waals surface area contributed by atoms with Crippen LogP contribution < -0.4 is 5.32 Å². The molecule has 1 aliphatic heterocycles. The molecule has 2 heterocycles. The summed E-state index contributed by atoms with van der Waals surface area (Å²) in [5, 5.41) is 15.3. The second-order valence-electron chi connectivity index (χ2n) is 3.98. The van der Waals surface area contributed by atoms with Crippen LogP contribution in [-0.2, 0) is 4.79 Å². The van der Waals surface area contributed by atoms with E-state index in [0.29, 0.717) is 17.9 Å². The van der Waals surface area contributed by atoms with Gasteiger partial charge in [-0.1, -0.05) is 5.16 Å². The number of nitrogens with zero attached hydrogens (tertiary/aromatic N) is 1. The summed E-state index contributed by atoms with van der Waals surface area (Å²) in [7, 11) is 0. The predicted octanol–water partition coefficient (Wildman–Crippen LogP) is 0.673. The molecule has 0 bridgehead atoms. The maximum atomic E-state index is 11.8. The first kappa shape index (κ1) is 12.0. The highest BCUT2D eigenvalue weighted by Gasteiger charge is 2.43. The van der Waals surface area contributed by atoms with Gasteiger partial charge >= 0.3 is 5.97 Å². The summed E-state index contributed by atoms with van der Waals surface area (Å²) < 4.78 is 4.80. The van der Waals surface area contributed by atoms with Crippen molar-refractivity contribution in [3.05, 3.63) is 17.5 Å². The molecule has 0 spiro atoms. The van der Waals surface area contributed by atoms with Crippen LogP contribution in [0.15, 0.2) is 10.6 Å². The summed E-state index contributed by atoms with van der Waals surface area (Å²) in [6.45, 7) is 1.69. The van der Waals surface area contributed by atoms with Gasteiger partial charge in [0, 0.05) is 11.8 Å². The molecule has 0 radical (unpaired) electrons. The van der Waals surface area contributed by atoms with Gasteiger partial charge in [0.1, 0.15) is 5.54 Å². The lowest BCUT2D eigenvalue weighted by Gasteiger charge is -2.23. The number of aliphatic carboxylic acids is 1. The molecule has 0 unspecified atom stereocenters. The number of nitrogens with one attached hydrogen (secondary N) is 1. The van der Waals surface area contributed by atoms with E-state index in [1.807, 2.05) is 0 Å². The lowest BCUT2D eigenvalue weighted by atomic mass is 9.99. The van der Waals surface area contributed by atoms with Crippen molar-refractivity contribution < 1.29 is 19.2 Å². The van der Waals surface area contributed by atoms with Crippen LogP contribution in [0.5, 0.6) is 0 Å². The van der Waals surface area contributed by atoms with Crippen LogP contribution in [0.25, 0.3) is 0 Å². The summed E-state index contributed by atoms with van der Waals surface area (Å²) in [5.74, 6) is -0.397. The number of aryl methyl sites for hydroxylation is 1. The molecule has 0 saturated carbocycles. The van der Waals surface area contributed by atoms with Gasteiger partial charge in [0.2, 0.25) is 5.76 Å². The Morgan fingerprint density at radius 2 is 2.41 bits per heavy atom. The Kier molecular flexibility index (Phi) is 3.10. The van der Waals surface area contributed by atoms with E-state index in [2.05, 4.69) is 10.5 Å². The van der Waals surface area contributed by atoms with E-state index in [1.165, 1.54) is 17.8 Å². The number of aromatic nitrogens is 1. The summed E-state index contributed by atoms with van der Waals surface area (Å²) in [6, 6.07) is 1.48. The Balaban J connectivity index is 2.14. The molecule has 2 rings (SSSR count). The fourth-order valence-electron chi connectivity index (χ4n) is 1.64. The van der Waals surface area contributed by atoms with E-state index in [4.69, 9.17) is 4.52 Å². The number of hydrogen-bond donors (Lipinski definition) is 2. The van der Waals surface area contributed by atoms with Crippen molar-refractivity contribution in [3.63, 3.8) is 0 Å². The molecule has 1 saturated heterocycles. The minimum atomic E-state index is -1.18. The van der Waals surface area contributed by atoms with Gasteiger partial charge in [-0.15, -0.1) is 0 Å². The molecule has 1 aromatic rings. The van der Waals surface area contributed by atoms with Gasteiger partial charge in [0.25, 0.3) is 5.91 Å². The minimum absolute atomic E-state index is 0.0417. The van der Waals surface area contributed by atoms with Crippen molar-refractivity contribution in [1.82, 2.24) is 10.5 Å². The number of carbonyl (C=O) groups is 2. The van der Waals surface area contributed by atoms with Crippen molar-refractivity contribution in [3.8, 4) is 0 Å². The Morgan fingerprint density at radius 1 is 1.65 bits per heavy atom. The molecule has 17 heavy (non-hydrogen) atoms. The second-order valence-corrected chi connectivity index (χ2v) is 5.08. The van der Waals surface area contributed by atoms with E-state index >= 15 is 0 Å². The zero-order valence-electron chi connectivity index (χ0n) is 9.23. The average molecular weight is 256 g/mol. The van der Waals surface area contributed by atoms with E-state index in [1.54, 1.807) is 6.92 Å². The number of carboxylic acids is 1. The highest BCUT2D eigenvalue weighted by atomic mass is 32.2. The summed E-state index contributed by atoms with van der Waals surface area (Å²) in [4.78, 5) is 23.0. The highest BCUT2D eigenvalue weighted by Crippen LogP contribution is 2.28. The van der Waals surface area contributed by atoms with Crippen LogP contribution >= 0.6 is 11.8 Å². The molecule has 2 N–H and O–H groups in total. The van der Waals surface area contributed by atoms with Gasteiger partial charge in [-0.25, -0.2) is 4.79 Å². The fourth-order valence-corrected chi connectivity index (χ4v) is 2.96. The highest BCUT2D eigenvalue weighted by molar-refractivity contribution is 7.99. The van der Waals surface area contributed by atoms with Gasteiger partial charge in [-0.2, -0.15) is 11.8 Å². The molecule has 7 heteroatoms. The lowest BCUT2D eigenvalue weighted by molar-refractivity contribution is -0.143. The van der Waals surface area contributed by atoms with Crippen LogP contribution in [0.2, 0.25) is 0 Å². The smallest absolute Gasteiger partial charge is 0.330 e. The minimum Gasteiger partial charge on any atom is -0.479 e. The topological polar surface area (TPSA) is 92.4 Å². The zero-order valence-corrected chi connectivity index (χ0v) is 10.0. The lowest BCUT2D eigenvalue weighted by Crippen LogP contribution is -2.54. The van der Waals surface area contributed by atoms with Gasteiger partial charge in [-0.05, 0) is 19.1 Å². The van der Waals surface area contributed by atoms with Crippen molar-refractivity contribution in [2.75, 3.05) is 11.5 Å². The monoisotopic (exact) mass is 256 g/mol. The number of hydrogen-bond acceptors (Lipinski definition) is 5. The average Bonchev–Trinajstić information content (AvgIpc) is 2.87. The molecule has 1 aliphatic rings. The molecule has 6 nitrogen and oxygen atoms in total. The zero-order chi connectivity index (χ0) is 12.5. The van der Waals surface area contributed by atoms with Crippen LogP contribution in [0, 0.1) is 6.92 Å². The third-order valence-electron chi connectivity index (χ3n) is 2.64. The number of carboxylic acid groups (broad SMARTS) is 1. The SMILES string of the molecule is Cc1cc(C(=O)N[C@]2(C(=O)O)CCSC2)on1. The maximum Gasteiger partial charge on any atom is 0.330 e. The van der Waals surface area contributed by atoms with Gasteiger partial charge in [0.15, 0.2) is 0 Å². The molecule has 1 atom stereocenters. The number of amides is 1. The van der Waals surface area contributed by atoms with Gasteiger partial charge in [-0.3, -0.25) is 4.79 Å². The third kappa shape index (κ3) is 2.28. The summed E-state index contributed by atoms with van der Waals surface area (Å²) in [6.07, 6.45) is 0.422. The Hall–Kier alpha value is -1.50. The normalized spacial score (nSPS) is 23.6. The first-order valence-electron chi connectivity index (χ1n) is 5.10. The Morgan fingerprint density at radius 3 is 2.88 bits per heavy atom. The molecule has 1 aromatic heterocycles. The van der Waals surface area contributed by atoms with Crippen LogP contribution in [0.3, 0.4) is 0 Å². The van der Waals surface area contributed by atoms with Crippen molar-refractivity contribution in [2.24, 2.45) is 0 Å². The molecular weight excluding hydrogens is 244 g/mol. The standard InChI is InChI=1S/C10H12N2O4S/c1-6-4-7(16-12-6)8(13)11-10(9(14)15)2-3-17-5-10/h4H,2-3,5H2,1H3,(H,11,13)(H,14,15)/t10-/m1/s1. The predicted molar refractivity (Wildman–Crippen MR) is 61.0 cm³/mol. The summed E-state index contributed by atoms with van der Waals surface area (Å²) in [5.41, 5.74) is -0.594. The van der Waals surface area contributed by atoms with E-state index < -0.39 is 17.4 Å². The van der Waals surface area contributed by atoms with Crippen LogP contribution in [0.4, 0.5) is 0 Å². The Labute approximate surface area is 102 Å². The molecule has 0 aromatic carbocycles. The maximum absolute atomic E-state index is 11.8. The van der Waals surface area contributed by atoms with Crippen molar-refractivity contribution >= 4 is 23.6 Å². The third-order valence-corrected chi connectivity index (χ3v) is 3.83. The molecular formula is C10H12N2O4S. The van der Waals surface area contributed by atoms with Crippen LogP contribution in [-0.4, -0.2) is 39.2 Å². The van der Waals surface area contributed by atoms with E-state index in [-0.39, 0.29) is 5.76 Å². The number of carbonyl (C=O) groups excluding carboxylic acids is 1. The number of rotatable bonds is 3.